The van der Waals surface area contributed by atoms with E-state index in [0.29, 0.717) is 12.3 Å². The third-order valence-electron chi connectivity index (χ3n) is 4.42. The van der Waals surface area contributed by atoms with Crippen LogP contribution in [0.5, 0.6) is 0 Å². The van der Waals surface area contributed by atoms with E-state index in [9.17, 15) is 9.90 Å². The van der Waals surface area contributed by atoms with E-state index in [4.69, 9.17) is 0 Å². The van der Waals surface area contributed by atoms with E-state index >= 15 is 0 Å². The standard InChI is InChI=1S/C17H25NO2/c1-17(2,16(19)20)12-14-6-4-5-7-15(14)13-8-10-18(3)11-9-13/h4-7,13H,8-12H2,1-3H3,(H,19,20). The minimum Gasteiger partial charge on any atom is -0.481 e. The van der Waals surface area contributed by atoms with Crippen molar-refractivity contribution in [2.75, 3.05) is 20.1 Å². The predicted octanol–water partition coefficient (Wildman–Crippen LogP) is 3.15. The first-order chi connectivity index (χ1) is 9.40. The zero-order valence-electron chi connectivity index (χ0n) is 12.7. The summed E-state index contributed by atoms with van der Waals surface area (Å²) in [7, 11) is 2.16. The smallest absolute Gasteiger partial charge is 0.309 e. The molecule has 0 amide bonds. The molecule has 1 aliphatic heterocycles. The van der Waals surface area contributed by atoms with Gasteiger partial charge in [0, 0.05) is 0 Å². The first kappa shape index (κ1) is 15.0. The first-order valence-electron chi connectivity index (χ1n) is 7.40. The third kappa shape index (κ3) is 3.40. The Labute approximate surface area is 121 Å². The highest BCUT2D eigenvalue weighted by atomic mass is 16.4. The SMILES string of the molecule is CN1CCC(c2ccccc2CC(C)(C)C(=O)O)CC1. The molecule has 1 aromatic carbocycles. The van der Waals surface area contributed by atoms with Gasteiger partial charge in [0.05, 0.1) is 5.41 Å². The summed E-state index contributed by atoms with van der Waals surface area (Å²) in [4.78, 5) is 13.7. The van der Waals surface area contributed by atoms with Crippen molar-refractivity contribution in [3.05, 3.63) is 35.4 Å². The van der Waals surface area contributed by atoms with Gasteiger partial charge in [0.2, 0.25) is 0 Å². The van der Waals surface area contributed by atoms with E-state index < -0.39 is 11.4 Å². The molecule has 3 heteroatoms. The van der Waals surface area contributed by atoms with Gasteiger partial charge < -0.3 is 10.0 Å². The fraction of sp³-hybridized carbons (Fsp3) is 0.588. The summed E-state index contributed by atoms with van der Waals surface area (Å²) in [6.07, 6.45) is 2.94. The van der Waals surface area contributed by atoms with E-state index in [-0.39, 0.29) is 0 Å². The van der Waals surface area contributed by atoms with Crippen LogP contribution in [0.4, 0.5) is 0 Å². The Balaban J connectivity index is 2.20. The number of carbonyl (C=O) groups is 1. The molecule has 0 aromatic heterocycles. The van der Waals surface area contributed by atoms with Gasteiger partial charge in [-0.15, -0.1) is 0 Å². The molecule has 0 aliphatic carbocycles. The molecule has 1 aliphatic rings. The van der Waals surface area contributed by atoms with Crippen LogP contribution in [0.1, 0.15) is 43.7 Å². The zero-order valence-corrected chi connectivity index (χ0v) is 12.7. The molecule has 1 heterocycles. The van der Waals surface area contributed by atoms with Crippen molar-refractivity contribution in [2.24, 2.45) is 5.41 Å². The van der Waals surface area contributed by atoms with Crippen LogP contribution in [-0.2, 0) is 11.2 Å². The van der Waals surface area contributed by atoms with Crippen LogP contribution in [-0.4, -0.2) is 36.1 Å². The highest BCUT2D eigenvalue weighted by Gasteiger charge is 2.29. The molecule has 1 fully saturated rings. The van der Waals surface area contributed by atoms with Gasteiger partial charge in [0.25, 0.3) is 0 Å². The number of nitrogens with zero attached hydrogens (tertiary/aromatic N) is 1. The van der Waals surface area contributed by atoms with E-state index in [0.717, 1.165) is 13.1 Å². The Kier molecular flexibility index (Phi) is 4.48. The van der Waals surface area contributed by atoms with Gasteiger partial charge in [0.15, 0.2) is 0 Å². The summed E-state index contributed by atoms with van der Waals surface area (Å²) >= 11 is 0. The molecule has 0 atom stereocenters. The summed E-state index contributed by atoms with van der Waals surface area (Å²) in [6.45, 7) is 5.87. The Morgan fingerprint density at radius 3 is 2.50 bits per heavy atom. The van der Waals surface area contributed by atoms with Crippen molar-refractivity contribution in [3.63, 3.8) is 0 Å². The van der Waals surface area contributed by atoms with E-state index in [1.165, 1.54) is 24.0 Å². The highest BCUT2D eigenvalue weighted by Crippen LogP contribution is 2.33. The van der Waals surface area contributed by atoms with Gasteiger partial charge in [0.1, 0.15) is 0 Å². The molecule has 0 unspecified atom stereocenters. The van der Waals surface area contributed by atoms with Crippen LogP contribution in [0.25, 0.3) is 0 Å². The zero-order chi connectivity index (χ0) is 14.8. The molecule has 0 bridgehead atoms. The summed E-state index contributed by atoms with van der Waals surface area (Å²) in [6, 6.07) is 8.37. The van der Waals surface area contributed by atoms with Crippen molar-refractivity contribution in [1.29, 1.82) is 0 Å². The van der Waals surface area contributed by atoms with Gasteiger partial charge in [-0.2, -0.15) is 0 Å². The van der Waals surface area contributed by atoms with Gasteiger partial charge in [-0.05, 0) is 70.3 Å². The minimum atomic E-state index is -0.726. The molecule has 1 aromatic rings. The molecule has 0 spiro atoms. The normalized spacial score (nSPS) is 18.1. The number of piperidine rings is 1. The maximum atomic E-state index is 11.3. The van der Waals surface area contributed by atoms with Gasteiger partial charge in [-0.25, -0.2) is 0 Å². The van der Waals surface area contributed by atoms with E-state index in [1.807, 2.05) is 6.07 Å². The van der Waals surface area contributed by atoms with Crippen LogP contribution < -0.4 is 0 Å². The fourth-order valence-electron chi connectivity index (χ4n) is 2.96. The molecule has 0 radical (unpaired) electrons. The number of hydrogen-bond donors (Lipinski definition) is 1. The molecule has 0 saturated carbocycles. The second-order valence-corrected chi connectivity index (χ2v) is 6.64. The van der Waals surface area contributed by atoms with Crippen molar-refractivity contribution < 1.29 is 9.90 Å². The number of benzene rings is 1. The van der Waals surface area contributed by atoms with Crippen LogP contribution in [0.2, 0.25) is 0 Å². The lowest BCUT2D eigenvalue weighted by molar-refractivity contribution is -0.146. The summed E-state index contributed by atoms with van der Waals surface area (Å²) in [5.41, 5.74) is 1.85. The lowest BCUT2D eigenvalue weighted by atomic mass is 9.80. The topological polar surface area (TPSA) is 40.5 Å². The Morgan fingerprint density at radius 1 is 1.30 bits per heavy atom. The summed E-state index contributed by atoms with van der Waals surface area (Å²) in [5, 5.41) is 9.33. The molecule has 2 rings (SSSR count). The largest absolute Gasteiger partial charge is 0.481 e. The lowest BCUT2D eigenvalue weighted by Crippen LogP contribution is -2.30. The van der Waals surface area contributed by atoms with E-state index in [1.54, 1.807) is 13.8 Å². The van der Waals surface area contributed by atoms with Crippen molar-refractivity contribution >= 4 is 5.97 Å². The highest BCUT2D eigenvalue weighted by molar-refractivity contribution is 5.74. The Bertz CT molecular complexity index is 474. The van der Waals surface area contributed by atoms with Crippen LogP contribution in [0.15, 0.2) is 24.3 Å². The van der Waals surface area contributed by atoms with Gasteiger partial charge >= 0.3 is 5.97 Å². The van der Waals surface area contributed by atoms with Gasteiger partial charge in [-0.3, -0.25) is 4.79 Å². The Morgan fingerprint density at radius 2 is 1.90 bits per heavy atom. The average Bonchev–Trinajstić information content (AvgIpc) is 2.40. The molecule has 3 nitrogen and oxygen atoms in total. The molecule has 20 heavy (non-hydrogen) atoms. The number of rotatable bonds is 4. The van der Waals surface area contributed by atoms with Crippen molar-refractivity contribution in [2.45, 2.75) is 39.0 Å². The van der Waals surface area contributed by atoms with Crippen LogP contribution in [0.3, 0.4) is 0 Å². The second kappa shape index (κ2) is 5.96. The number of likely N-dealkylation sites (tertiary alicyclic amines) is 1. The van der Waals surface area contributed by atoms with E-state index in [2.05, 4.69) is 30.1 Å². The van der Waals surface area contributed by atoms with Crippen LogP contribution >= 0.6 is 0 Å². The molecule has 1 saturated heterocycles. The third-order valence-corrected chi connectivity index (χ3v) is 4.42. The van der Waals surface area contributed by atoms with Gasteiger partial charge in [-0.1, -0.05) is 24.3 Å². The maximum Gasteiger partial charge on any atom is 0.309 e. The predicted molar refractivity (Wildman–Crippen MR) is 81.0 cm³/mol. The number of carboxylic acid groups (broad SMARTS) is 1. The lowest BCUT2D eigenvalue weighted by Gasteiger charge is -2.31. The van der Waals surface area contributed by atoms with Crippen molar-refractivity contribution in [3.8, 4) is 0 Å². The second-order valence-electron chi connectivity index (χ2n) is 6.64. The first-order valence-corrected chi connectivity index (χ1v) is 7.40. The Hall–Kier alpha value is -1.35. The van der Waals surface area contributed by atoms with Crippen molar-refractivity contribution in [1.82, 2.24) is 4.90 Å². The summed E-state index contributed by atoms with van der Waals surface area (Å²) in [5.74, 6) is -0.150. The quantitative estimate of drug-likeness (QED) is 0.917. The monoisotopic (exact) mass is 275 g/mol. The maximum absolute atomic E-state index is 11.3. The number of hydrogen-bond acceptors (Lipinski definition) is 2. The molecular weight excluding hydrogens is 250 g/mol. The molecule has 1 N–H and O–H groups in total. The minimum absolute atomic E-state index is 0.576. The molecular formula is C17H25NO2. The molecule has 110 valence electrons. The number of aliphatic carboxylic acids is 1. The van der Waals surface area contributed by atoms with Crippen LogP contribution in [0, 0.1) is 5.41 Å². The average molecular weight is 275 g/mol. The summed E-state index contributed by atoms with van der Waals surface area (Å²) < 4.78 is 0. The fourth-order valence-corrected chi connectivity index (χ4v) is 2.96. The number of carboxylic acids is 1.